The van der Waals surface area contributed by atoms with E-state index >= 15 is 0 Å². The van der Waals surface area contributed by atoms with Crippen molar-refractivity contribution in [3.63, 3.8) is 0 Å². The van der Waals surface area contributed by atoms with Gasteiger partial charge in [-0.15, -0.1) is 0 Å². The van der Waals surface area contributed by atoms with E-state index in [1.165, 1.54) is 12.1 Å². The van der Waals surface area contributed by atoms with E-state index < -0.39 is 0 Å². The zero-order valence-corrected chi connectivity index (χ0v) is 17.6. The van der Waals surface area contributed by atoms with Gasteiger partial charge in [0.15, 0.2) is 0 Å². The molecular weight excluding hydrogens is 409 g/mol. The highest BCUT2D eigenvalue weighted by Gasteiger charge is 2.25. The van der Waals surface area contributed by atoms with Gasteiger partial charge in [0.25, 0.3) is 5.91 Å². The Hall–Kier alpha value is -4.01. The number of amides is 1. The molecule has 8 nitrogen and oxygen atoms in total. The second kappa shape index (κ2) is 8.26. The summed E-state index contributed by atoms with van der Waals surface area (Å²) in [5.41, 5.74) is 1.93. The Bertz CT molecular complexity index is 1230. The second-order valence-corrected chi connectivity index (χ2v) is 7.65. The molecule has 0 atom stereocenters. The predicted octanol–water partition coefficient (Wildman–Crippen LogP) is 2.77. The third kappa shape index (κ3) is 3.84. The number of carbonyl (C=O) groups excluding carboxylic acids is 1. The van der Waals surface area contributed by atoms with Crippen LogP contribution in [0.15, 0.2) is 67.3 Å². The van der Waals surface area contributed by atoms with E-state index in [1.807, 2.05) is 40.1 Å². The Labute approximate surface area is 184 Å². The van der Waals surface area contributed by atoms with Crippen molar-refractivity contribution < 1.29 is 9.18 Å². The maximum Gasteiger partial charge on any atom is 0.272 e. The number of rotatable bonds is 4. The Morgan fingerprint density at radius 2 is 1.62 bits per heavy atom. The van der Waals surface area contributed by atoms with E-state index in [9.17, 15) is 9.18 Å². The minimum Gasteiger partial charge on any atom is -0.353 e. The zero-order valence-electron chi connectivity index (χ0n) is 17.6. The molecule has 1 fully saturated rings. The van der Waals surface area contributed by atoms with Crippen LogP contribution in [0.1, 0.15) is 10.5 Å². The number of halogens is 1. The van der Waals surface area contributed by atoms with Crippen LogP contribution in [0.5, 0.6) is 0 Å². The molecule has 32 heavy (non-hydrogen) atoms. The van der Waals surface area contributed by atoms with E-state index in [1.54, 1.807) is 36.3 Å². The molecule has 3 aromatic heterocycles. The number of hydrogen-bond donors (Lipinski definition) is 0. The molecule has 0 bridgehead atoms. The summed E-state index contributed by atoms with van der Waals surface area (Å²) in [6.45, 7) is 2.52. The SMILES string of the molecule is Cn1nc(-c2ccc(F)cc2)cc1C(=O)N1CCN(c2cc(-n3cccc3)ncn2)CC1. The quantitative estimate of drug-likeness (QED) is 0.497. The standard InChI is InChI=1S/C23H22FN7O/c1-28-20(14-19(27-28)17-4-6-18(24)7-5-17)23(32)31-12-10-30(11-13-31)22-15-21(25-16-26-22)29-8-2-3-9-29/h2-9,14-16H,10-13H2,1H3. The summed E-state index contributed by atoms with van der Waals surface area (Å²) in [4.78, 5) is 25.9. The number of piperazine rings is 1. The molecule has 0 unspecified atom stereocenters. The molecule has 0 N–H and O–H groups in total. The van der Waals surface area contributed by atoms with Crippen LogP contribution in [-0.2, 0) is 7.05 Å². The van der Waals surface area contributed by atoms with Crippen LogP contribution in [0.25, 0.3) is 17.1 Å². The van der Waals surface area contributed by atoms with Crippen molar-refractivity contribution in [2.45, 2.75) is 0 Å². The average molecular weight is 431 g/mol. The number of aromatic nitrogens is 5. The van der Waals surface area contributed by atoms with Gasteiger partial charge in [-0.05, 0) is 42.5 Å². The molecular formula is C23H22FN7O. The van der Waals surface area contributed by atoms with Gasteiger partial charge >= 0.3 is 0 Å². The molecule has 9 heteroatoms. The van der Waals surface area contributed by atoms with Crippen molar-refractivity contribution in [2.75, 3.05) is 31.1 Å². The van der Waals surface area contributed by atoms with Crippen LogP contribution >= 0.6 is 0 Å². The van der Waals surface area contributed by atoms with Gasteiger partial charge in [-0.25, -0.2) is 14.4 Å². The maximum atomic E-state index is 13.2. The van der Waals surface area contributed by atoms with Crippen LogP contribution in [0.3, 0.4) is 0 Å². The third-order valence-electron chi connectivity index (χ3n) is 5.64. The van der Waals surface area contributed by atoms with Gasteiger partial charge < -0.3 is 14.4 Å². The number of anilines is 1. The van der Waals surface area contributed by atoms with E-state index in [2.05, 4.69) is 20.0 Å². The lowest BCUT2D eigenvalue weighted by molar-refractivity contribution is 0.0735. The van der Waals surface area contributed by atoms with Crippen LogP contribution in [-0.4, -0.2) is 61.3 Å². The monoisotopic (exact) mass is 431 g/mol. The molecule has 1 amide bonds. The molecule has 0 saturated carbocycles. The van der Waals surface area contributed by atoms with Gasteiger partial charge in [0.1, 0.15) is 29.5 Å². The first-order valence-electron chi connectivity index (χ1n) is 10.4. The van der Waals surface area contributed by atoms with E-state index in [-0.39, 0.29) is 11.7 Å². The molecule has 162 valence electrons. The summed E-state index contributed by atoms with van der Waals surface area (Å²) in [6, 6.07) is 13.7. The number of aryl methyl sites for hydroxylation is 1. The summed E-state index contributed by atoms with van der Waals surface area (Å²) in [6.07, 6.45) is 5.45. The first kappa shape index (κ1) is 19.9. The van der Waals surface area contributed by atoms with Crippen LogP contribution in [0.4, 0.5) is 10.2 Å². The van der Waals surface area contributed by atoms with Gasteiger partial charge in [0.05, 0.1) is 5.69 Å². The van der Waals surface area contributed by atoms with E-state index in [0.717, 1.165) is 17.2 Å². The molecule has 1 aliphatic rings. The minimum atomic E-state index is -0.303. The summed E-state index contributed by atoms with van der Waals surface area (Å²) in [5, 5.41) is 4.44. The fourth-order valence-electron chi connectivity index (χ4n) is 3.87. The number of hydrogen-bond acceptors (Lipinski definition) is 5. The molecule has 1 aliphatic heterocycles. The Kier molecular flexibility index (Phi) is 5.14. The first-order chi connectivity index (χ1) is 15.6. The summed E-state index contributed by atoms with van der Waals surface area (Å²) in [7, 11) is 1.75. The Balaban J connectivity index is 1.27. The highest BCUT2D eigenvalue weighted by atomic mass is 19.1. The van der Waals surface area contributed by atoms with Gasteiger partial charge in [0, 0.05) is 57.3 Å². The smallest absolute Gasteiger partial charge is 0.272 e. The highest BCUT2D eigenvalue weighted by molar-refractivity contribution is 5.94. The number of carbonyl (C=O) groups is 1. The predicted molar refractivity (Wildman–Crippen MR) is 118 cm³/mol. The lowest BCUT2D eigenvalue weighted by Gasteiger charge is -2.35. The van der Waals surface area contributed by atoms with E-state index in [0.29, 0.717) is 37.6 Å². The van der Waals surface area contributed by atoms with Crippen molar-refractivity contribution in [1.82, 2.24) is 29.2 Å². The fourth-order valence-corrected chi connectivity index (χ4v) is 3.87. The van der Waals surface area contributed by atoms with Gasteiger partial charge in [-0.1, -0.05) is 0 Å². The molecule has 0 radical (unpaired) electrons. The second-order valence-electron chi connectivity index (χ2n) is 7.65. The topological polar surface area (TPSA) is 72.1 Å². The summed E-state index contributed by atoms with van der Waals surface area (Å²) in [5.74, 6) is 1.28. The van der Waals surface area contributed by atoms with Crippen molar-refractivity contribution in [1.29, 1.82) is 0 Å². The third-order valence-corrected chi connectivity index (χ3v) is 5.64. The largest absolute Gasteiger partial charge is 0.353 e. The maximum absolute atomic E-state index is 13.2. The van der Waals surface area contributed by atoms with Crippen molar-refractivity contribution in [3.05, 3.63) is 78.8 Å². The summed E-state index contributed by atoms with van der Waals surface area (Å²) < 4.78 is 16.7. The zero-order chi connectivity index (χ0) is 22.1. The number of nitrogens with zero attached hydrogens (tertiary/aromatic N) is 7. The van der Waals surface area contributed by atoms with Crippen molar-refractivity contribution in [3.8, 4) is 17.1 Å². The van der Waals surface area contributed by atoms with Gasteiger partial charge in [-0.3, -0.25) is 9.48 Å². The molecule has 0 aliphatic carbocycles. The van der Waals surface area contributed by atoms with Crippen molar-refractivity contribution in [2.24, 2.45) is 7.05 Å². The Morgan fingerprint density at radius 1 is 0.938 bits per heavy atom. The normalized spacial score (nSPS) is 14.1. The van der Waals surface area contributed by atoms with Gasteiger partial charge in [-0.2, -0.15) is 5.10 Å². The Morgan fingerprint density at radius 3 is 2.34 bits per heavy atom. The lowest BCUT2D eigenvalue weighted by atomic mass is 10.1. The molecule has 1 saturated heterocycles. The van der Waals surface area contributed by atoms with Crippen LogP contribution < -0.4 is 4.90 Å². The van der Waals surface area contributed by atoms with E-state index in [4.69, 9.17) is 0 Å². The molecule has 0 spiro atoms. The first-order valence-corrected chi connectivity index (χ1v) is 10.4. The molecule has 4 aromatic rings. The molecule has 4 heterocycles. The van der Waals surface area contributed by atoms with Crippen LogP contribution in [0, 0.1) is 5.82 Å². The molecule has 1 aromatic carbocycles. The van der Waals surface area contributed by atoms with Gasteiger partial charge in [0.2, 0.25) is 0 Å². The fraction of sp³-hybridized carbons (Fsp3) is 0.217. The highest BCUT2D eigenvalue weighted by Crippen LogP contribution is 2.21. The van der Waals surface area contributed by atoms with Crippen molar-refractivity contribution >= 4 is 11.7 Å². The van der Waals surface area contributed by atoms with Crippen LogP contribution in [0.2, 0.25) is 0 Å². The molecule has 5 rings (SSSR count). The minimum absolute atomic E-state index is 0.0660. The lowest BCUT2D eigenvalue weighted by Crippen LogP contribution is -2.49. The average Bonchev–Trinajstić information content (AvgIpc) is 3.50. The summed E-state index contributed by atoms with van der Waals surface area (Å²) >= 11 is 0. The number of benzene rings is 1.